The molecule has 108 valence electrons. The predicted molar refractivity (Wildman–Crippen MR) is 86.9 cm³/mol. The number of para-hydroxylation sites is 1. The fraction of sp³-hybridized carbons (Fsp3) is 0.250. The van der Waals surface area contributed by atoms with E-state index in [-0.39, 0.29) is 0 Å². The van der Waals surface area contributed by atoms with Gasteiger partial charge in [0.1, 0.15) is 0 Å². The quantitative estimate of drug-likeness (QED) is 0.805. The van der Waals surface area contributed by atoms with Gasteiger partial charge in [-0.3, -0.25) is 0 Å². The van der Waals surface area contributed by atoms with Crippen LogP contribution in [0.5, 0.6) is 0 Å². The summed E-state index contributed by atoms with van der Waals surface area (Å²) in [5.41, 5.74) is 10.9. The standard InChI is InChI=1S/C16H18N4S/c1-11-16(14-10-21-15(18-14)8-9-17)12(2)20(19-11)13-6-4-3-5-7-13/h3-7,10H,8-9,17H2,1-2H3. The van der Waals surface area contributed by atoms with Gasteiger partial charge in [-0.2, -0.15) is 5.10 Å². The van der Waals surface area contributed by atoms with Crippen molar-refractivity contribution in [2.75, 3.05) is 6.54 Å². The molecule has 2 aromatic heterocycles. The molecule has 0 aliphatic rings. The maximum absolute atomic E-state index is 5.60. The highest BCUT2D eigenvalue weighted by atomic mass is 32.1. The molecule has 5 heteroatoms. The molecule has 0 bridgehead atoms. The molecule has 3 aromatic rings. The lowest BCUT2D eigenvalue weighted by Crippen LogP contribution is -2.02. The van der Waals surface area contributed by atoms with E-state index < -0.39 is 0 Å². The van der Waals surface area contributed by atoms with Gasteiger partial charge in [-0.15, -0.1) is 11.3 Å². The molecular weight excluding hydrogens is 280 g/mol. The Hall–Kier alpha value is -1.98. The Morgan fingerprint density at radius 2 is 1.95 bits per heavy atom. The number of benzene rings is 1. The van der Waals surface area contributed by atoms with Crippen molar-refractivity contribution in [1.82, 2.24) is 14.8 Å². The minimum atomic E-state index is 0.633. The summed E-state index contributed by atoms with van der Waals surface area (Å²) in [4.78, 5) is 4.68. The predicted octanol–water partition coefficient (Wildman–Crippen LogP) is 3.11. The average Bonchev–Trinajstić information content (AvgIpc) is 3.05. The lowest BCUT2D eigenvalue weighted by Gasteiger charge is -2.04. The highest BCUT2D eigenvalue weighted by molar-refractivity contribution is 7.09. The third-order valence-corrected chi connectivity index (χ3v) is 4.37. The van der Waals surface area contributed by atoms with Crippen molar-refractivity contribution in [3.8, 4) is 16.9 Å². The van der Waals surface area contributed by atoms with Crippen molar-refractivity contribution in [2.24, 2.45) is 5.73 Å². The first-order valence-electron chi connectivity index (χ1n) is 6.97. The lowest BCUT2D eigenvalue weighted by molar-refractivity contribution is 0.834. The zero-order chi connectivity index (χ0) is 14.8. The zero-order valence-electron chi connectivity index (χ0n) is 12.2. The summed E-state index contributed by atoms with van der Waals surface area (Å²) in [6.45, 7) is 4.75. The molecule has 0 unspecified atom stereocenters. The number of hydrogen-bond donors (Lipinski definition) is 1. The summed E-state index contributed by atoms with van der Waals surface area (Å²) in [5.74, 6) is 0. The maximum atomic E-state index is 5.60. The molecule has 0 radical (unpaired) electrons. The Kier molecular flexibility index (Phi) is 3.86. The van der Waals surface area contributed by atoms with E-state index >= 15 is 0 Å². The Bertz CT molecular complexity index is 743. The van der Waals surface area contributed by atoms with Gasteiger partial charge in [0.2, 0.25) is 0 Å². The monoisotopic (exact) mass is 298 g/mol. The first kappa shape index (κ1) is 14.0. The van der Waals surface area contributed by atoms with E-state index in [9.17, 15) is 0 Å². The van der Waals surface area contributed by atoms with Gasteiger partial charge >= 0.3 is 0 Å². The summed E-state index contributed by atoms with van der Waals surface area (Å²) in [6, 6.07) is 10.2. The van der Waals surface area contributed by atoms with Crippen LogP contribution in [0.25, 0.3) is 16.9 Å². The van der Waals surface area contributed by atoms with E-state index in [4.69, 9.17) is 5.73 Å². The van der Waals surface area contributed by atoms with E-state index in [1.807, 2.05) is 29.8 Å². The zero-order valence-corrected chi connectivity index (χ0v) is 13.0. The number of hydrogen-bond acceptors (Lipinski definition) is 4. The van der Waals surface area contributed by atoms with Crippen molar-refractivity contribution in [2.45, 2.75) is 20.3 Å². The van der Waals surface area contributed by atoms with E-state index in [0.29, 0.717) is 6.54 Å². The summed E-state index contributed by atoms with van der Waals surface area (Å²) in [6.07, 6.45) is 0.829. The average molecular weight is 298 g/mol. The third-order valence-electron chi connectivity index (χ3n) is 3.46. The minimum absolute atomic E-state index is 0.633. The minimum Gasteiger partial charge on any atom is -0.330 e. The molecule has 0 saturated heterocycles. The van der Waals surface area contributed by atoms with E-state index in [1.165, 1.54) is 0 Å². The number of nitrogens with zero attached hydrogens (tertiary/aromatic N) is 3. The van der Waals surface area contributed by atoms with Gasteiger partial charge in [0.25, 0.3) is 0 Å². The molecular formula is C16H18N4S. The molecule has 0 aliphatic heterocycles. The van der Waals surface area contributed by atoms with Gasteiger partial charge in [0.15, 0.2) is 0 Å². The van der Waals surface area contributed by atoms with Crippen molar-refractivity contribution in [1.29, 1.82) is 0 Å². The second-order valence-electron chi connectivity index (χ2n) is 4.96. The number of thiazole rings is 1. The molecule has 0 aliphatic carbocycles. The van der Waals surface area contributed by atoms with Crippen LogP contribution in [0.2, 0.25) is 0 Å². The first-order chi connectivity index (χ1) is 10.2. The second kappa shape index (κ2) is 5.79. The van der Waals surface area contributed by atoms with Gasteiger partial charge in [0, 0.05) is 17.4 Å². The van der Waals surface area contributed by atoms with Crippen LogP contribution in [0, 0.1) is 13.8 Å². The molecule has 0 saturated carbocycles. The number of nitrogens with two attached hydrogens (primary N) is 1. The first-order valence-corrected chi connectivity index (χ1v) is 7.85. The Labute approximate surface area is 128 Å². The molecule has 0 spiro atoms. The van der Waals surface area contributed by atoms with Crippen LogP contribution in [-0.4, -0.2) is 21.3 Å². The number of rotatable bonds is 4. The molecule has 2 N–H and O–H groups in total. The molecule has 0 atom stereocenters. The largest absolute Gasteiger partial charge is 0.330 e. The van der Waals surface area contributed by atoms with Crippen LogP contribution in [0.1, 0.15) is 16.4 Å². The van der Waals surface area contributed by atoms with Crippen LogP contribution in [0.3, 0.4) is 0 Å². The van der Waals surface area contributed by atoms with E-state index in [2.05, 4.69) is 34.5 Å². The molecule has 4 nitrogen and oxygen atoms in total. The van der Waals surface area contributed by atoms with Crippen LogP contribution >= 0.6 is 11.3 Å². The Balaban J connectivity index is 2.05. The lowest BCUT2D eigenvalue weighted by atomic mass is 10.1. The van der Waals surface area contributed by atoms with Gasteiger partial charge in [-0.1, -0.05) is 18.2 Å². The Morgan fingerprint density at radius 1 is 1.19 bits per heavy atom. The van der Waals surface area contributed by atoms with Crippen molar-refractivity contribution in [3.63, 3.8) is 0 Å². The van der Waals surface area contributed by atoms with E-state index in [0.717, 1.165) is 39.8 Å². The normalized spacial score (nSPS) is 11.0. The van der Waals surface area contributed by atoms with Crippen LogP contribution < -0.4 is 5.73 Å². The van der Waals surface area contributed by atoms with Gasteiger partial charge < -0.3 is 5.73 Å². The fourth-order valence-corrected chi connectivity index (χ4v) is 3.30. The van der Waals surface area contributed by atoms with Gasteiger partial charge in [0.05, 0.1) is 27.8 Å². The smallest absolute Gasteiger partial charge is 0.0945 e. The van der Waals surface area contributed by atoms with Crippen LogP contribution in [0.15, 0.2) is 35.7 Å². The summed E-state index contributed by atoms with van der Waals surface area (Å²) in [7, 11) is 0. The highest BCUT2D eigenvalue weighted by Gasteiger charge is 2.16. The van der Waals surface area contributed by atoms with Gasteiger partial charge in [-0.25, -0.2) is 9.67 Å². The molecule has 21 heavy (non-hydrogen) atoms. The molecule has 3 rings (SSSR count). The summed E-state index contributed by atoms with van der Waals surface area (Å²) < 4.78 is 1.98. The molecule has 0 fully saturated rings. The molecule has 0 amide bonds. The Morgan fingerprint density at radius 3 is 2.67 bits per heavy atom. The van der Waals surface area contributed by atoms with Crippen LogP contribution in [0.4, 0.5) is 0 Å². The van der Waals surface area contributed by atoms with Crippen molar-refractivity contribution >= 4 is 11.3 Å². The number of aryl methyl sites for hydroxylation is 1. The summed E-state index contributed by atoms with van der Waals surface area (Å²) in [5, 5.41) is 7.85. The summed E-state index contributed by atoms with van der Waals surface area (Å²) >= 11 is 1.66. The highest BCUT2D eigenvalue weighted by Crippen LogP contribution is 2.29. The van der Waals surface area contributed by atoms with E-state index in [1.54, 1.807) is 11.3 Å². The second-order valence-corrected chi connectivity index (χ2v) is 5.90. The fourth-order valence-electron chi connectivity index (χ4n) is 2.50. The van der Waals surface area contributed by atoms with Crippen molar-refractivity contribution in [3.05, 3.63) is 52.1 Å². The maximum Gasteiger partial charge on any atom is 0.0945 e. The SMILES string of the molecule is Cc1nn(-c2ccccc2)c(C)c1-c1csc(CCN)n1. The molecule has 2 heterocycles. The number of aromatic nitrogens is 3. The molecule has 1 aromatic carbocycles. The van der Waals surface area contributed by atoms with Gasteiger partial charge in [-0.05, 0) is 32.5 Å². The third kappa shape index (κ3) is 2.62. The van der Waals surface area contributed by atoms with Crippen molar-refractivity contribution < 1.29 is 0 Å². The topological polar surface area (TPSA) is 56.7 Å². The van der Waals surface area contributed by atoms with Crippen LogP contribution in [-0.2, 0) is 6.42 Å².